The summed E-state index contributed by atoms with van der Waals surface area (Å²) in [5.74, 6) is 2.57. The van der Waals surface area contributed by atoms with Gasteiger partial charge in [0.05, 0.1) is 5.69 Å². The van der Waals surface area contributed by atoms with Crippen LogP contribution < -0.4 is 10.6 Å². The van der Waals surface area contributed by atoms with E-state index >= 15 is 0 Å². The van der Waals surface area contributed by atoms with Gasteiger partial charge in [0.15, 0.2) is 5.96 Å². The zero-order chi connectivity index (χ0) is 18.4. The van der Waals surface area contributed by atoms with Crippen molar-refractivity contribution >= 4 is 29.9 Å². The highest BCUT2D eigenvalue weighted by Gasteiger charge is 2.23. The molecule has 3 rings (SSSR count). The number of nitrogens with zero attached hydrogens (tertiary/aromatic N) is 4. The van der Waals surface area contributed by atoms with E-state index in [2.05, 4.69) is 63.8 Å². The lowest BCUT2D eigenvalue weighted by molar-refractivity contribution is 0.250. The molecule has 0 aliphatic heterocycles. The van der Waals surface area contributed by atoms with Crippen LogP contribution in [-0.4, -0.2) is 33.8 Å². The second-order valence-electron chi connectivity index (χ2n) is 7.43. The predicted octanol–water partition coefficient (Wildman–Crippen LogP) is 3.77. The number of aliphatic imine (C=N–C) groups is 1. The zero-order valence-corrected chi connectivity index (χ0v) is 18.8. The number of nitrogens with one attached hydrogen (secondary N) is 2. The Bertz CT molecular complexity index is 688. The van der Waals surface area contributed by atoms with Crippen LogP contribution in [0, 0.1) is 11.8 Å². The smallest absolute Gasteiger partial charge is 0.191 e. The van der Waals surface area contributed by atoms with Crippen molar-refractivity contribution in [3.8, 4) is 5.69 Å². The molecular weight excluding hydrogens is 451 g/mol. The molecule has 2 aromatic rings. The van der Waals surface area contributed by atoms with Crippen molar-refractivity contribution in [1.29, 1.82) is 0 Å². The molecule has 0 amide bonds. The molecular formula is C20H31IN6. The van der Waals surface area contributed by atoms with Gasteiger partial charge in [0, 0.05) is 19.6 Å². The highest BCUT2D eigenvalue weighted by molar-refractivity contribution is 14.0. The number of hydrogen-bond donors (Lipinski definition) is 2. The summed E-state index contributed by atoms with van der Waals surface area (Å²) in [5.41, 5.74) is 2.22. The molecule has 6 nitrogen and oxygen atoms in total. The maximum atomic E-state index is 4.38. The molecule has 1 aliphatic carbocycles. The van der Waals surface area contributed by atoms with Gasteiger partial charge < -0.3 is 10.6 Å². The third kappa shape index (κ3) is 6.19. The van der Waals surface area contributed by atoms with E-state index < -0.39 is 0 Å². The average Bonchev–Trinajstić information content (AvgIpc) is 3.20. The molecule has 1 aliphatic rings. The van der Waals surface area contributed by atoms with Crippen LogP contribution in [0.1, 0.15) is 45.1 Å². The molecule has 1 aromatic heterocycles. The third-order valence-electron chi connectivity index (χ3n) is 5.36. The van der Waals surface area contributed by atoms with Gasteiger partial charge in [0.25, 0.3) is 0 Å². The van der Waals surface area contributed by atoms with E-state index in [1.165, 1.54) is 31.2 Å². The Balaban J connectivity index is 0.00000261. The first kappa shape index (κ1) is 21.7. The molecule has 148 valence electrons. The van der Waals surface area contributed by atoms with Crippen molar-refractivity contribution < 1.29 is 0 Å². The molecule has 1 saturated carbocycles. The second kappa shape index (κ2) is 10.6. The van der Waals surface area contributed by atoms with Crippen LogP contribution in [0.2, 0.25) is 0 Å². The Labute approximate surface area is 179 Å². The molecule has 1 heterocycles. The molecule has 2 N–H and O–H groups in total. The standard InChI is InChI=1S/C20H30N6.HI/c1-15(2)17-6-8-18(9-7-17)25-20(21-3)23-12-16-4-10-19(11-5-16)26-14-22-13-24-26;/h4-5,10-11,13-15,17-18H,6-9,12H2,1-3H3,(H2,21,23,25);1H. The summed E-state index contributed by atoms with van der Waals surface area (Å²) in [7, 11) is 1.84. The fraction of sp³-hybridized carbons (Fsp3) is 0.550. The van der Waals surface area contributed by atoms with Gasteiger partial charge in [-0.2, -0.15) is 5.10 Å². The zero-order valence-electron chi connectivity index (χ0n) is 16.4. The molecule has 1 fully saturated rings. The minimum Gasteiger partial charge on any atom is -0.354 e. The van der Waals surface area contributed by atoms with Crippen LogP contribution in [0.5, 0.6) is 0 Å². The summed E-state index contributed by atoms with van der Waals surface area (Å²) >= 11 is 0. The van der Waals surface area contributed by atoms with Crippen molar-refractivity contribution in [3.63, 3.8) is 0 Å². The molecule has 0 atom stereocenters. The van der Waals surface area contributed by atoms with Gasteiger partial charge in [0.2, 0.25) is 0 Å². The summed E-state index contributed by atoms with van der Waals surface area (Å²) in [6.45, 7) is 5.43. The molecule has 27 heavy (non-hydrogen) atoms. The molecule has 0 radical (unpaired) electrons. The summed E-state index contributed by atoms with van der Waals surface area (Å²) in [6, 6.07) is 8.84. The predicted molar refractivity (Wildman–Crippen MR) is 121 cm³/mol. The van der Waals surface area contributed by atoms with E-state index in [9.17, 15) is 0 Å². The molecule has 0 bridgehead atoms. The summed E-state index contributed by atoms with van der Waals surface area (Å²) in [4.78, 5) is 8.36. The van der Waals surface area contributed by atoms with Crippen molar-refractivity contribution in [1.82, 2.24) is 25.4 Å². The third-order valence-corrected chi connectivity index (χ3v) is 5.36. The van der Waals surface area contributed by atoms with Gasteiger partial charge in [-0.25, -0.2) is 9.67 Å². The van der Waals surface area contributed by atoms with Crippen LogP contribution in [0.15, 0.2) is 41.9 Å². The van der Waals surface area contributed by atoms with Crippen LogP contribution in [0.25, 0.3) is 5.69 Å². The van der Waals surface area contributed by atoms with E-state index in [4.69, 9.17) is 0 Å². The van der Waals surface area contributed by atoms with E-state index in [0.717, 1.165) is 30.0 Å². The van der Waals surface area contributed by atoms with Gasteiger partial charge in [-0.15, -0.1) is 24.0 Å². The normalized spacial score (nSPS) is 20.2. The van der Waals surface area contributed by atoms with E-state index in [1.807, 2.05) is 7.05 Å². The first-order valence-corrected chi connectivity index (χ1v) is 9.57. The van der Waals surface area contributed by atoms with Crippen molar-refractivity contribution in [3.05, 3.63) is 42.5 Å². The molecule has 0 saturated heterocycles. The first-order chi connectivity index (χ1) is 12.7. The maximum absolute atomic E-state index is 4.38. The quantitative estimate of drug-likeness (QED) is 0.387. The van der Waals surface area contributed by atoms with E-state index in [1.54, 1.807) is 17.3 Å². The lowest BCUT2D eigenvalue weighted by atomic mass is 9.80. The van der Waals surface area contributed by atoms with E-state index in [-0.39, 0.29) is 24.0 Å². The SMILES string of the molecule is CN=C(NCc1ccc(-n2cncn2)cc1)NC1CCC(C(C)C)CC1.I. The minimum atomic E-state index is 0. The van der Waals surface area contributed by atoms with Crippen molar-refractivity contribution in [2.75, 3.05) is 7.05 Å². The largest absolute Gasteiger partial charge is 0.354 e. The monoisotopic (exact) mass is 482 g/mol. The highest BCUT2D eigenvalue weighted by atomic mass is 127. The van der Waals surface area contributed by atoms with Crippen LogP contribution in [0.4, 0.5) is 0 Å². The Kier molecular flexibility index (Phi) is 8.53. The number of halogens is 1. The minimum absolute atomic E-state index is 0. The topological polar surface area (TPSA) is 67.1 Å². The molecule has 7 heteroatoms. The number of aromatic nitrogens is 3. The van der Waals surface area contributed by atoms with E-state index in [0.29, 0.717) is 6.04 Å². The average molecular weight is 482 g/mol. The van der Waals surface area contributed by atoms with Crippen LogP contribution in [0.3, 0.4) is 0 Å². The summed E-state index contributed by atoms with van der Waals surface area (Å²) in [5, 5.41) is 11.2. The molecule has 0 spiro atoms. The summed E-state index contributed by atoms with van der Waals surface area (Å²) in [6.07, 6.45) is 8.34. The lowest BCUT2D eigenvalue weighted by Gasteiger charge is -2.32. The number of guanidine groups is 1. The Morgan fingerprint density at radius 1 is 1.19 bits per heavy atom. The first-order valence-electron chi connectivity index (χ1n) is 9.57. The lowest BCUT2D eigenvalue weighted by Crippen LogP contribution is -2.44. The second-order valence-corrected chi connectivity index (χ2v) is 7.43. The maximum Gasteiger partial charge on any atom is 0.191 e. The van der Waals surface area contributed by atoms with Crippen LogP contribution >= 0.6 is 24.0 Å². The Morgan fingerprint density at radius 2 is 1.89 bits per heavy atom. The van der Waals surface area contributed by atoms with Crippen LogP contribution in [-0.2, 0) is 6.54 Å². The van der Waals surface area contributed by atoms with Gasteiger partial charge in [-0.3, -0.25) is 4.99 Å². The molecule has 0 unspecified atom stereocenters. The fourth-order valence-corrected chi connectivity index (χ4v) is 3.61. The number of hydrogen-bond acceptors (Lipinski definition) is 3. The Morgan fingerprint density at radius 3 is 2.44 bits per heavy atom. The van der Waals surface area contributed by atoms with Gasteiger partial charge >= 0.3 is 0 Å². The van der Waals surface area contributed by atoms with Gasteiger partial charge in [-0.05, 0) is 55.2 Å². The summed E-state index contributed by atoms with van der Waals surface area (Å²) < 4.78 is 1.76. The number of rotatable bonds is 5. The highest BCUT2D eigenvalue weighted by Crippen LogP contribution is 2.29. The van der Waals surface area contributed by atoms with Gasteiger partial charge in [0.1, 0.15) is 12.7 Å². The Hall–Kier alpha value is -1.64. The van der Waals surface area contributed by atoms with Gasteiger partial charge in [-0.1, -0.05) is 26.0 Å². The molecule has 1 aromatic carbocycles. The number of benzene rings is 1. The van der Waals surface area contributed by atoms with Crippen molar-refractivity contribution in [2.45, 2.75) is 52.1 Å². The fourth-order valence-electron chi connectivity index (χ4n) is 3.61. The van der Waals surface area contributed by atoms with Crippen molar-refractivity contribution in [2.24, 2.45) is 16.8 Å².